The molecule has 1 aromatic carbocycles. The van der Waals surface area contributed by atoms with Gasteiger partial charge in [-0.05, 0) is 42.9 Å². The van der Waals surface area contributed by atoms with Crippen LogP contribution in [0.15, 0.2) is 24.3 Å². The van der Waals surface area contributed by atoms with Gasteiger partial charge in [0.25, 0.3) is 5.91 Å². The molecule has 0 radical (unpaired) electrons. The average Bonchev–Trinajstić information content (AvgIpc) is 2.91. The van der Waals surface area contributed by atoms with Gasteiger partial charge in [-0.1, -0.05) is 12.5 Å². The summed E-state index contributed by atoms with van der Waals surface area (Å²) in [6, 6.07) is 4.47. The lowest BCUT2D eigenvalue weighted by Crippen LogP contribution is -2.31. The molecular formula is C15H17ClF3NO. The molecule has 2 nitrogen and oxygen atoms in total. The minimum absolute atomic E-state index is 0.0326. The Labute approximate surface area is 126 Å². The largest absolute Gasteiger partial charge is 0.416 e. The number of nitrogens with one attached hydrogen (secondary N) is 1. The standard InChI is InChI=1S/C15H17ClF3NO/c16-8-11-4-1-5-12(11)9-20-14(21)10-3-2-6-13(7-10)15(17,18)19/h2-3,6-7,11-12H,1,4-5,8-9H2,(H,20,21). The summed E-state index contributed by atoms with van der Waals surface area (Å²) in [4.78, 5) is 12.0. The number of benzene rings is 1. The number of carbonyl (C=O) groups is 1. The first kappa shape index (κ1) is 16.1. The normalized spacial score (nSPS) is 22.3. The van der Waals surface area contributed by atoms with E-state index in [0.717, 1.165) is 31.4 Å². The Morgan fingerprint density at radius 3 is 2.67 bits per heavy atom. The van der Waals surface area contributed by atoms with Crippen LogP contribution >= 0.6 is 11.6 Å². The van der Waals surface area contributed by atoms with Crippen LogP contribution < -0.4 is 5.32 Å². The molecule has 0 saturated heterocycles. The summed E-state index contributed by atoms with van der Waals surface area (Å²) in [7, 11) is 0. The molecule has 1 amide bonds. The van der Waals surface area contributed by atoms with Gasteiger partial charge >= 0.3 is 6.18 Å². The molecule has 2 atom stereocenters. The van der Waals surface area contributed by atoms with Gasteiger partial charge < -0.3 is 5.32 Å². The van der Waals surface area contributed by atoms with E-state index < -0.39 is 17.6 Å². The van der Waals surface area contributed by atoms with Crippen LogP contribution in [0.3, 0.4) is 0 Å². The highest BCUT2D eigenvalue weighted by Gasteiger charge is 2.31. The fraction of sp³-hybridized carbons (Fsp3) is 0.533. The molecule has 0 heterocycles. The zero-order valence-corrected chi connectivity index (χ0v) is 12.2. The maximum absolute atomic E-state index is 12.6. The van der Waals surface area contributed by atoms with Gasteiger partial charge in [0.05, 0.1) is 5.56 Å². The Balaban J connectivity index is 1.97. The summed E-state index contributed by atoms with van der Waals surface area (Å²) in [5, 5.41) is 2.72. The van der Waals surface area contributed by atoms with E-state index in [1.807, 2.05) is 0 Å². The molecule has 21 heavy (non-hydrogen) atoms. The van der Waals surface area contributed by atoms with Gasteiger partial charge in [0.1, 0.15) is 0 Å². The molecule has 0 spiro atoms. The van der Waals surface area contributed by atoms with E-state index in [0.29, 0.717) is 24.3 Å². The molecule has 1 N–H and O–H groups in total. The van der Waals surface area contributed by atoms with Crippen LogP contribution in [0, 0.1) is 11.8 Å². The van der Waals surface area contributed by atoms with Crippen molar-refractivity contribution in [3.8, 4) is 0 Å². The van der Waals surface area contributed by atoms with E-state index in [1.54, 1.807) is 0 Å². The minimum Gasteiger partial charge on any atom is -0.352 e. The van der Waals surface area contributed by atoms with Crippen LogP contribution in [0.4, 0.5) is 13.2 Å². The van der Waals surface area contributed by atoms with Crippen molar-refractivity contribution >= 4 is 17.5 Å². The summed E-state index contributed by atoms with van der Waals surface area (Å²) in [5.74, 6) is 0.788. The maximum Gasteiger partial charge on any atom is 0.416 e. The highest BCUT2D eigenvalue weighted by atomic mass is 35.5. The topological polar surface area (TPSA) is 29.1 Å². The van der Waals surface area contributed by atoms with Crippen LogP contribution in [0.5, 0.6) is 0 Å². The number of halogens is 4. The lowest BCUT2D eigenvalue weighted by Gasteiger charge is -2.17. The van der Waals surface area contributed by atoms with Crippen LogP contribution in [0.25, 0.3) is 0 Å². The lowest BCUT2D eigenvalue weighted by molar-refractivity contribution is -0.137. The Morgan fingerprint density at radius 1 is 1.29 bits per heavy atom. The SMILES string of the molecule is O=C(NCC1CCCC1CCl)c1cccc(C(F)(F)F)c1. The van der Waals surface area contributed by atoms with E-state index >= 15 is 0 Å². The molecule has 0 aromatic heterocycles. The smallest absolute Gasteiger partial charge is 0.352 e. The molecule has 6 heteroatoms. The molecule has 1 aromatic rings. The minimum atomic E-state index is -4.44. The summed E-state index contributed by atoms with van der Waals surface area (Å²) < 4.78 is 37.8. The summed E-state index contributed by atoms with van der Waals surface area (Å²) >= 11 is 5.87. The number of carbonyl (C=O) groups excluding carboxylic acids is 1. The Kier molecular flexibility index (Phi) is 5.14. The molecule has 2 unspecified atom stereocenters. The fourth-order valence-corrected chi connectivity index (χ4v) is 3.15. The average molecular weight is 320 g/mol. The van der Waals surface area contributed by atoms with E-state index in [4.69, 9.17) is 11.6 Å². The molecule has 1 aliphatic carbocycles. The van der Waals surface area contributed by atoms with Crippen molar-refractivity contribution in [1.29, 1.82) is 0 Å². The van der Waals surface area contributed by atoms with E-state index in [1.165, 1.54) is 12.1 Å². The molecule has 1 fully saturated rings. The Bertz CT molecular complexity index is 504. The van der Waals surface area contributed by atoms with Gasteiger partial charge in [-0.25, -0.2) is 0 Å². The van der Waals surface area contributed by atoms with Gasteiger partial charge in [0.15, 0.2) is 0 Å². The zero-order chi connectivity index (χ0) is 15.5. The first-order valence-corrected chi connectivity index (χ1v) is 7.46. The van der Waals surface area contributed by atoms with Crippen LogP contribution in [0.1, 0.15) is 35.2 Å². The monoisotopic (exact) mass is 319 g/mol. The highest BCUT2D eigenvalue weighted by molar-refractivity contribution is 6.18. The molecule has 0 bridgehead atoms. The van der Waals surface area contributed by atoms with Crippen molar-refractivity contribution in [1.82, 2.24) is 5.32 Å². The predicted molar refractivity (Wildman–Crippen MR) is 75.3 cm³/mol. The quantitative estimate of drug-likeness (QED) is 0.832. The number of hydrogen-bond acceptors (Lipinski definition) is 1. The van der Waals surface area contributed by atoms with Crippen LogP contribution in [-0.4, -0.2) is 18.3 Å². The van der Waals surface area contributed by atoms with Gasteiger partial charge in [0.2, 0.25) is 0 Å². The molecular weight excluding hydrogens is 303 g/mol. The maximum atomic E-state index is 12.6. The third-order valence-corrected chi connectivity index (χ3v) is 4.39. The van der Waals surface area contributed by atoms with Crippen molar-refractivity contribution in [3.05, 3.63) is 35.4 Å². The summed E-state index contributed by atoms with van der Waals surface area (Å²) in [5.41, 5.74) is -0.778. The number of amides is 1. The number of alkyl halides is 4. The second-order valence-corrected chi connectivity index (χ2v) is 5.70. The molecule has 0 aliphatic heterocycles. The first-order chi connectivity index (χ1) is 9.91. The van der Waals surface area contributed by atoms with Crippen molar-refractivity contribution in [2.75, 3.05) is 12.4 Å². The van der Waals surface area contributed by atoms with Crippen LogP contribution in [0.2, 0.25) is 0 Å². The van der Waals surface area contributed by atoms with E-state index in [2.05, 4.69) is 5.32 Å². The van der Waals surface area contributed by atoms with Crippen molar-refractivity contribution < 1.29 is 18.0 Å². The van der Waals surface area contributed by atoms with E-state index in [9.17, 15) is 18.0 Å². The second kappa shape index (κ2) is 6.69. The van der Waals surface area contributed by atoms with Crippen molar-refractivity contribution in [2.24, 2.45) is 11.8 Å². The number of hydrogen-bond donors (Lipinski definition) is 1. The van der Waals surface area contributed by atoms with Crippen LogP contribution in [-0.2, 0) is 6.18 Å². The predicted octanol–water partition coefficient (Wildman–Crippen LogP) is 4.09. The molecule has 2 rings (SSSR count). The third-order valence-electron chi connectivity index (χ3n) is 3.99. The third kappa shape index (κ3) is 4.13. The highest BCUT2D eigenvalue weighted by Crippen LogP contribution is 2.32. The number of rotatable bonds is 4. The molecule has 1 saturated carbocycles. The zero-order valence-electron chi connectivity index (χ0n) is 11.4. The first-order valence-electron chi connectivity index (χ1n) is 6.93. The lowest BCUT2D eigenvalue weighted by atomic mass is 9.98. The molecule has 1 aliphatic rings. The molecule has 116 valence electrons. The Morgan fingerprint density at radius 2 is 2.00 bits per heavy atom. The fourth-order valence-electron chi connectivity index (χ4n) is 2.75. The van der Waals surface area contributed by atoms with E-state index in [-0.39, 0.29) is 5.56 Å². The van der Waals surface area contributed by atoms with Gasteiger partial charge in [-0.15, -0.1) is 11.6 Å². The summed E-state index contributed by atoms with van der Waals surface area (Å²) in [6.45, 7) is 0.465. The second-order valence-electron chi connectivity index (χ2n) is 5.39. The van der Waals surface area contributed by atoms with Gasteiger partial charge in [0, 0.05) is 18.0 Å². The van der Waals surface area contributed by atoms with Gasteiger partial charge in [-0.3, -0.25) is 4.79 Å². The summed E-state index contributed by atoms with van der Waals surface area (Å²) in [6.07, 6.45) is -1.30. The Hall–Kier alpha value is -1.23. The van der Waals surface area contributed by atoms with Crippen molar-refractivity contribution in [3.63, 3.8) is 0 Å². The van der Waals surface area contributed by atoms with Crippen molar-refractivity contribution in [2.45, 2.75) is 25.4 Å². The van der Waals surface area contributed by atoms with Gasteiger partial charge in [-0.2, -0.15) is 13.2 Å².